The smallest absolute Gasteiger partial charge is 0.333 e. The number of carbonyl (C=O) groups excluding carboxylic acids is 1. The molecule has 2 aromatic rings. The van der Waals surface area contributed by atoms with Crippen molar-refractivity contribution in [2.75, 3.05) is 32.8 Å². The van der Waals surface area contributed by atoms with Gasteiger partial charge in [-0.1, -0.05) is 42.3 Å². The fourth-order valence-corrected chi connectivity index (χ4v) is 4.09. The molecule has 2 rings (SSSR count). The summed E-state index contributed by atoms with van der Waals surface area (Å²) in [7, 11) is 0. The number of aryl methyl sites for hydroxylation is 1. The van der Waals surface area contributed by atoms with E-state index in [1.54, 1.807) is 30.0 Å². The molecule has 2 amide bonds. The maximum Gasteiger partial charge on any atom is 0.333 e. The van der Waals surface area contributed by atoms with Gasteiger partial charge in [-0.05, 0) is 67.6 Å². The molecular formula is C26H34Cl2N2O5. The molecule has 0 aliphatic heterocycles. The van der Waals surface area contributed by atoms with Gasteiger partial charge in [-0.2, -0.15) is 0 Å². The van der Waals surface area contributed by atoms with Crippen molar-refractivity contribution in [3.63, 3.8) is 0 Å². The SMILES string of the molecule is CCCNC(=O)N(CCCc1cc(Cl)cc(Cl)c1)CCOc1ccc(CC(OCC)C(=O)O)cc1. The van der Waals surface area contributed by atoms with Gasteiger partial charge in [0.25, 0.3) is 0 Å². The number of carbonyl (C=O) groups is 2. The molecule has 2 aromatic carbocycles. The number of amides is 2. The van der Waals surface area contributed by atoms with Gasteiger partial charge in [-0.15, -0.1) is 0 Å². The molecule has 1 unspecified atom stereocenters. The fraction of sp³-hybridized carbons (Fsp3) is 0.462. The summed E-state index contributed by atoms with van der Waals surface area (Å²) >= 11 is 12.2. The van der Waals surface area contributed by atoms with E-state index in [4.69, 9.17) is 32.7 Å². The van der Waals surface area contributed by atoms with E-state index in [9.17, 15) is 14.7 Å². The van der Waals surface area contributed by atoms with Crippen LogP contribution in [-0.2, 0) is 22.4 Å². The first-order valence-electron chi connectivity index (χ1n) is 11.9. The molecule has 0 saturated carbocycles. The van der Waals surface area contributed by atoms with E-state index in [1.165, 1.54) is 0 Å². The standard InChI is InChI=1S/C26H34Cl2N2O5/c1-3-11-29-26(33)30(12-5-6-20-15-21(27)18-22(28)16-20)13-14-35-23-9-7-19(8-10-23)17-24(25(31)32)34-4-2/h7-10,15-16,18,24H,3-6,11-14,17H2,1-2H3,(H,29,33)(H,31,32). The second-order valence-electron chi connectivity index (χ2n) is 8.08. The van der Waals surface area contributed by atoms with Crippen LogP contribution in [0.4, 0.5) is 4.79 Å². The number of carboxylic acid groups (broad SMARTS) is 1. The number of urea groups is 1. The number of benzene rings is 2. The second-order valence-corrected chi connectivity index (χ2v) is 8.95. The zero-order valence-corrected chi connectivity index (χ0v) is 21.8. The highest BCUT2D eigenvalue weighted by Crippen LogP contribution is 2.20. The third-order valence-corrected chi connectivity index (χ3v) is 5.68. The van der Waals surface area contributed by atoms with Gasteiger partial charge >= 0.3 is 12.0 Å². The van der Waals surface area contributed by atoms with E-state index in [-0.39, 0.29) is 12.5 Å². The van der Waals surface area contributed by atoms with E-state index in [0.29, 0.717) is 48.6 Å². The lowest BCUT2D eigenvalue weighted by molar-refractivity contribution is -0.149. The lowest BCUT2D eigenvalue weighted by atomic mass is 10.1. The quantitative estimate of drug-likeness (QED) is 0.323. The Kier molecular flexibility index (Phi) is 12.7. The molecular weight excluding hydrogens is 491 g/mol. The highest BCUT2D eigenvalue weighted by atomic mass is 35.5. The van der Waals surface area contributed by atoms with Crippen molar-refractivity contribution in [2.24, 2.45) is 0 Å². The highest BCUT2D eigenvalue weighted by molar-refractivity contribution is 6.34. The van der Waals surface area contributed by atoms with Gasteiger partial charge in [-0.3, -0.25) is 0 Å². The summed E-state index contributed by atoms with van der Waals surface area (Å²) in [5.74, 6) is -0.327. The monoisotopic (exact) mass is 524 g/mol. The van der Waals surface area contributed by atoms with Gasteiger partial charge in [0, 0.05) is 36.2 Å². The number of hydrogen-bond acceptors (Lipinski definition) is 4. The largest absolute Gasteiger partial charge is 0.492 e. The van der Waals surface area contributed by atoms with Crippen LogP contribution in [0.5, 0.6) is 5.75 Å². The molecule has 0 fully saturated rings. The Hall–Kier alpha value is -2.48. The van der Waals surface area contributed by atoms with Crippen molar-refractivity contribution in [2.45, 2.75) is 45.6 Å². The average molecular weight is 525 g/mol. The fourth-order valence-electron chi connectivity index (χ4n) is 3.52. The van der Waals surface area contributed by atoms with Crippen LogP contribution in [0.3, 0.4) is 0 Å². The molecule has 0 aliphatic carbocycles. The Balaban J connectivity index is 1.88. The molecule has 2 N–H and O–H groups in total. The zero-order valence-electron chi connectivity index (χ0n) is 20.3. The van der Waals surface area contributed by atoms with E-state index in [2.05, 4.69) is 5.32 Å². The van der Waals surface area contributed by atoms with Crippen molar-refractivity contribution in [3.05, 3.63) is 63.6 Å². The Bertz CT molecular complexity index is 920. The number of hydrogen-bond donors (Lipinski definition) is 2. The molecule has 7 nitrogen and oxygen atoms in total. The topological polar surface area (TPSA) is 88.1 Å². The van der Waals surface area contributed by atoms with Gasteiger partial charge in [0.1, 0.15) is 12.4 Å². The molecule has 0 bridgehead atoms. The minimum Gasteiger partial charge on any atom is -0.492 e. The van der Waals surface area contributed by atoms with Crippen LogP contribution in [0.2, 0.25) is 10.0 Å². The van der Waals surface area contributed by atoms with Gasteiger partial charge < -0.3 is 24.8 Å². The minimum absolute atomic E-state index is 0.120. The van der Waals surface area contributed by atoms with Crippen LogP contribution in [0, 0.1) is 0 Å². The first-order chi connectivity index (χ1) is 16.8. The van der Waals surface area contributed by atoms with E-state index < -0.39 is 12.1 Å². The van der Waals surface area contributed by atoms with Gasteiger partial charge in [0.15, 0.2) is 6.10 Å². The average Bonchev–Trinajstić information content (AvgIpc) is 2.81. The molecule has 192 valence electrons. The predicted molar refractivity (Wildman–Crippen MR) is 139 cm³/mol. The number of carboxylic acids is 1. The van der Waals surface area contributed by atoms with Crippen LogP contribution >= 0.6 is 23.2 Å². The van der Waals surface area contributed by atoms with Crippen molar-refractivity contribution < 1.29 is 24.2 Å². The maximum atomic E-state index is 12.6. The molecule has 0 saturated heterocycles. The van der Waals surface area contributed by atoms with Gasteiger partial charge in [-0.25, -0.2) is 9.59 Å². The third-order valence-electron chi connectivity index (χ3n) is 5.25. The zero-order chi connectivity index (χ0) is 25.6. The molecule has 1 atom stereocenters. The van der Waals surface area contributed by atoms with Crippen molar-refractivity contribution in [1.82, 2.24) is 10.2 Å². The normalized spacial score (nSPS) is 11.7. The van der Waals surface area contributed by atoms with Crippen molar-refractivity contribution >= 4 is 35.2 Å². The Labute approximate surface area is 217 Å². The molecule has 0 spiro atoms. The number of aliphatic carboxylic acids is 1. The summed E-state index contributed by atoms with van der Waals surface area (Å²) in [6, 6.07) is 12.6. The number of nitrogens with one attached hydrogen (secondary N) is 1. The van der Waals surface area contributed by atoms with Crippen LogP contribution in [0.15, 0.2) is 42.5 Å². The highest BCUT2D eigenvalue weighted by Gasteiger charge is 2.18. The number of nitrogens with zero attached hydrogens (tertiary/aromatic N) is 1. The molecule has 0 radical (unpaired) electrons. The maximum absolute atomic E-state index is 12.6. The summed E-state index contributed by atoms with van der Waals surface area (Å²) in [6.45, 7) is 6.06. The number of rotatable bonds is 15. The first kappa shape index (κ1) is 28.8. The number of ether oxygens (including phenoxy) is 2. The summed E-state index contributed by atoms with van der Waals surface area (Å²) in [6.07, 6.45) is 1.78. The van der Waals surface area contributed by atoms with Crippen LogP contribution < -0.4 is 10.1 Å². The summed E-state index contributed by atoms with van der Waals surface area (Å²) < 4.78 is 11.1. The summed E-state index contributed by atoms with van der Waals surface area (Å²) in [4.78, 5) is 25.6. The molecule has 0 aromatic heterocycles. The van der Waals surface area contributed by atoms with E-state index >= 15 is 0 Å². The number of halogens is 2. The summed E-state index contributed by atoms with van der Waals surface area (Å²) in [5.41, 5.74) is 1.88. The molecule has 9 heteroatoms. The van der Waals surface area contributed by atoms with Crippen LogP contribution in [-0.4, -0.2) is 61.0 Å². The predicted octanol–water partition coefficient (Wildman–Crippen LogP) is 5.46. The third kappa shape index (κ3) is 10.8. The Morgan fingerprint density at radius 1 is 1.03 bits per heavy atom. The summed E-state index contributed by atoms with van der Waals surface area (Å²) in [5, 5.41) is 13.4. The lowest BCUT2D eigenvalue weighted by Crippen LogP contribution is -2.43. The van der Waals surface area contributed by atoms with Crippen LogP contribution in [0.1, 0.15) is 37.8 Å². The van der Waals surface area contributed by atoms with E-state index in [1.807, 2.05) is 31.2 Å². The lowest BCUT2D eigenvalue weighted by Gasteiger charge is -2.23. The minimum atomic E-state index is -0.980. The van der Waals surface area contributed by atoms with E-state index in [0.717, 1.165) is 30.4 Å². The Morgan fingerprint density at radius 3 is 2.31 bits per heavy atom. The molecule has 35 heavy (non-hydrogen) atoms. The first-order valence-corrected chi connectivity index (χ1v) is 12.6. The molecule has 0 aliphatic rings. The van der Waals surface area contributed by atoms with Crippen molar-refractivity contribution in [1.29, 1.82) is 0 Å². The van der Waals surface area contributed by atoms with Crippen molar-refractivity contribution in [3.8, 4) is 5.75 Å². The Morgan fingerprint density at radius 2 is 1.71 bits per heavy atom. The molecule has 0 heterocycles. The van der Waals surface area contributed by atoms with Gasteiger partial charge in [0.05, 0.1) is 6.54 Å². The van der Waals surface area contributed by atoms with Gasteiger partial charge in [0.2, 0.25) is 0 Å². The second kappa shape index (κ2) is 15.5. The van der Waals surface area contributed by atoms with Crippen LogP contribution in [0.25, 0.3) is 0 Å².